The molecule has 0 amide bonds. The van der Waals surface area contributed by atoms with Gasteiger partial charge in [0.1, 0.15) is 23.2 Å². The Morgan fingerprint density at radius 3 is 3.05 bits per heavy atom. The third-order valence-electron chi connectivity index (χ3n) is 3.20. The molecule has 3 N–H and O–H groups in total. The lowest BCUT2D eigenvalue weighted by molar-refractivity contribution is 0.0414. The monoisotopic (exact) mass is 282 g/mol. The van der Waals surface area contributed by atoms with Crippen LogP contribution in [0.4, 0.5) is 4.39 Å². The van der Waals surface area contributed by atoms with Gasteiger partial charge in [-0.15, -0.1) is 0 Å². The number of halogens is 1. The predicted molar refractivity (Wildman–Crippen MR) is 73.3 cm³/mol. The van der Waals surface area contributed by atoms with Crippen LogP contribution >= 0.6 is 11.8 Å². The Hall–Kier alpha value is -1.08. The summed E-state index contributed by atoms with van der Waals surface area (Å²) in [4.78, 5) is 0. The lowest BCUT2D eigenvalue weighted by Gasteiger charge is -2.28. The summed E-state index contributed by atoms with van der Waals surface area (Å²) in [6, 6.07) is 6.05. The Morgan fingerprint density at radius 2 is 2.32 bits per heavy atom. The zero-order chi connectivity index (χ0) is 13.2. The Morgan fingerprint density at radius 1 is 1.42 bits per heavy atom. The number of hydrogen-bond acceptors (Lipinski definition) is 5. The van der Waals surface area contributed by atoms with Crippen LogP contribution in [-0.4, -0.2) is 24.2 Å². The van der Waals surface area contributed by atoms with E-state index in [9.17, 15) is 4.39 Å². The lowest BCUT2D eigenvalue weighted by Crippen LogP contribution is -2.41. The third-order valence-corrected chi connectivity index (χ3v) is 4.22. The second-order valence-corrected chi connectivity index (χ2v) is 5.61. The van der Waals surface area contributed by atoms with Crippen LogP contribution in [0.1, 0.15) is 11.8 Å². The smallest absolute Gasteiger partial charge is 0.134 e. The first-order chi connectivity index (χ1) is 9.28. The summed E-state index contributed by atoms with van der Waals surface area (Å²) in [6.45, 7) is 0.711. The number of nitrogens with two attached hydrogens (primary N) is 1. The van der Waals surface area contributed by atoms with E-state index in [-0.39, 0.29) is 18.0 Å². The molecule has 2 unspecified atom stereocenters. The van der Waals surface area contributed by atoms with Gasteiger partial charge < -0.3 is 9.15 Å². The molecule has 102 valence electrons. The van der Waals surface area contributed by atoms with Crippen LogP contribution in [0.3, 0.4) is 0 Å². The number of nitrogens with one attached hydrogen (secondary N) is 1. The van der Waals surface area contributed by atoms with E-state index in [0.717, 1.165) is 16.9 Å². The van der Waals surface area contributed by atoms with Crippen LogP contribution in [0.25, 0.3) is 11.0 Å². The fraction of sp³-hybridized carbons (Fsp3) is 0.385. The first-order valence-corrected chi connectivity index (χ1v) is 7.28. The van der Waals surface area contributed by atoms with Crippen LogP contribution in [0.2, 0.25) is 0 Å². The van der Waals surface area contributed by atoms with E-state index in [1.54, 1.807) is 6.07 Å². The van der Waals surface area contributed by atoms with Gasteiger partial charge in [0.25, 0.3) is 0 Å². The van der Waals surface area contributed by atoms with Crippen LogP contribution < -0.4 is 11.3 Å². The molecule has 0 aliphatic carbocycles. The van der Waals surface area contributed by atoms with Gasteiger partial charge in [-0.3, -0.25) is 5.84 Å². The van der Waals surface area contributed by atoms with E-state index in [1.807, 2.05) is 17.8 Å². The van der Waals surface area contributed by atoms with Gasteiger partial charge in [-0.2, -0.15) is 11.8 Å². The molecule has 1 aromatic carbocycles. The summed E-state index contributed by atoms with van der Waals surface area (Å²) < 4.78 is 24.6. The molecule has 1 aliphatic heterocycles. The molecule has 1 aliphatic rings. The molecule has 2 atom stereocenters. The van der Waals surface area contributed by atoms with Gasteiger partial charge >= 0.3 is 0 Å². The van der Waals surface area contributed by atoms with Gasteiger partial charge in [-0.25, -0.2) is 9.82 Å². The minimum atomic E-state index is -0.276. The fourth-order valence-corrected chi connectivity index (χ4v) is 3.16. The number of fused-ring (bicyclic) bond motifs is 1. The zero-order valence-corrected chi connectivity index (χ0v) is 11.1. The number of ether oxygens (including phenoxy) is 1. The van der Waals surface area contributed by atoms with Crippen molar-refractivity contribution < 1.29 is 13.5 Å². The van der Waals surface area contributed by atoms with Crippen molar-refractivity contribution >= 4 is 22.7 Å². The molecule has 3 rings (SSSR count). The van der Waals surface area contributed by atoms with E-state index in [2.05, 4.69) is 5.43 Å². The first kappa shape index (κ1) is 12.9. The average molecular weight is 282 g/mol. The predicted octanol–water partition coefficient (Wildman–Crippen LogP) is 2.21. The molecular weight excluding hydrogens is 267 g/mol. The van der Waals surface area contributed by atoms with Crippen molar-refractivity contribution in [2.45, 2.75) is 12.1 Å². The summed E-state index contributed by atoms with van der Waals surface area (Å²) in [5.74, 6) is 7.87. The summed E-state index contributed by atoms with van der Waals surface area (Å²) in [7, 11) is 0. The van der Waals surface area contributed by atoms with Crippen LogP contribution in [0, 0.1) is 5.82 Å². The van der Waals surface area contributed by atoms with Gasteiger partial charge in [0, 0.05) is 16.9 Å². The highest BCUT2D eigenvalue weighted by Crippen LogP contribution is 2.29. The quantitative estimate of drug-likeness (QED) is 0.667. The Labute approximate surface area is 114 Å². The first-order valence-electron chi connectivity index (χ1n) is 6.12. The number of furan rings is 1. The van der Waals surface area contributed by atoms with Crippen LogP contribution in [0.15, 0.2) is 28.7 Å². The summed E-state index contributed by atoms with van der Waals surface area (Å²) in [6.07, 6.45) is -0.0332. The highest BCUT2D eigenvalue weighted by molar-refractivity contribution is 7.99. The van der Waals surface area contributed by atoms with E-state index < -0.39 is 0 Å². The minimum Gasteiger partial charge on any atom is -0.459 e. The van der Waals surface area contributed by atoms with Crippen molar-refractivity contribution in [2.75, 3.05) is 18.1 Å². The second kappa shape index (κ2) is 5.50. The van der Waals surface area contributed by atoms with Crippen molar-refractivity contribution in [1.29, 1.82) is 0 Å². The largest absolute Gasteiger partial charge is 0.459 e. The maximum Gasteiger partial charge on any atom is 0.134 e. The van der Waals surface area contributed by atoms with Gasteiger partial charge in [0.2, 0.25) is 0 Å². The van der Waals surface area contributed by atoms with Crippen molar-refractivity contribution in [3.63, 3.8) is 0 Å². The number of hydrogen-bond donors (Lipinski definition) is 2. The molecule has 2 aromatic rings. The van der Waals surface area contributed by atoms with Crippen molar-refractivity contribution in [3.8, 4) is 0 Å². The third kappa shape index (κ3) is 2.62. The molecule has 4 nitrogen and oxygen atoms in total. The molecular formula is C13H15FN2O2S. The minimum absolute atomic E-state index is 0.0332. The number of benzene rings is 1. The molecule has 0 spiro atoms. The molecule has 1 aromatic heterocycles. The highest BCUT2D eigenvalue weighted by atomic mass is 32.2. The number of hydrazine groups is 1. The zero-order valence-electron chi connectivity index (χ0n) is 10.3. The molecule has 0 saturated carbocycles. The highest BCUT2D eigenvalue weighted by Gasteiger charge is 2.28. The Balaban J connectivity index is 1.91. The number of thioether (sulfide) groups is 1. The average Bonchev–Trinajstić information content (AvgIpc) is 2.83. The molecule has 2 heterocycles. The standard InChI is InChI=1S/C13H15FN2O2S/c14-9-1-2-10-8(5-9)6-11(18-10)13(16-15)12-7-19-4-3-17-12/h1-2,5-6,12-13,16H,3-4,7,15H2. The fourth-order valence-electron chi connectivity index (χ4n) is 2.26. The lowest BCUT2D eigenvalue weighted by atomic mass is 10.1. The van der Waals surface area contributed by atoms with E-state index >= 15 is 0 Å². The molecule has 1 fully saturated rings. The van der Waals surface area contributed by atoms with Crippen LogP contribution in [-0.2, 0) is 4.74 Å². The molecule has 0 bridgehead atoms. The van der Waals surface area contributed by atoms with E-state index in [1.165, 1.54) is 12.1 Å². The molecule has 0 radical (unpaired) electrons. The summed E-state index contributed by atoms with van der Waals surface area (Å²) in [5.41, 5.74) is 3.39. The van der Waals surface area contributed by atoms with Gasteiger partial charge in [-0.1, -0.05) is 0 Å². The molecule has 19 heavy (non-hydrogen) atoms. The Kier molecular flexibility index (Phi) is 3.74. The van der Waals surface area contributed by atoms with Crippen molar-refractivity contribution in [3.05, 3.63) is 35.8 Å². The SMILES string of the molecule is NNC(c1cc2cc(F)ccc2o1)C1CSCCO1. The second-order valence-electron chi connectivity index (χ2n) is 4.46. The van der Waals surface area contributed by atoms with Gasteiger partial charge in [-0.05, 0) is 24.3 Å². The molecule has 6 heteroatoms. The number of rotatable bonds is 3. The van der Waals surface area contributed by atoms with Gasteiger partial charge in [0.15, 0.2) is 0 Å². The van der Waals surface area contributed by atoms with Crippen molar-refractivity contribution in [1.82, 2.24) is 5.43 Å². The molecule has 1 saturated heterocycles. The summed E-state index contributed by atoms with van der Waals surface area (Å²) >= 11 is 1.83. The topological polar surface area (TPSA) is 60.4 Å². The van der Waals surface area contributed by atoms with E-state index in [4.69, 9.17) is 15.0 Å². The van der Waals surface area contributed by atoms with Gasteiger partial charge in [0.05, 0.1) is 12.7 Å². The normalized spacial score (nSPS) is 21.7. The maximum absolute atomic E-state index is 13.2. The Bertz CT molecular complexity index is 569. The van der Waals surface area contributed by atoms with Crippen molar-refractivity contribution in [2.24, 2.45) is 5.84 Å². The maximum atomic E-state index is 13.2. The summed E-state index contributed by atoms with van der Waals surface area (Å²) in [5, 5.41) is 0.735. The van der Waals surface area contributed by atoms with Crippen LogP contribution in [0.5, 0.6) is 0 Å². The van der Waals surface area contributed by atoms with E-state index in [0.29, 0.717) is 18.0 Å².